The van der Waals surface area contributed by atoms with E-state index in [0.717, 1.165) is 12.8 Å². The predicted octanol–water partition coefficient (Wildman–Crippen LogP) is 2.09. The quantitative estimate of drug-likeness (QED) is 0.717. The molecule has 19 heavy (non-hydrogen) atoms. The number of hydrogen-bond acceptors (Lipinski definition) is 5. The molecule has 5 nitrogen and oxygen atoms in total. The van der Waals surface area contributed by atoms with Gasteiger partial charge in [-0.25, -0.2) is 0 Å². The molecule has 3 heterocycles. The third-order valence-corrected chi connectivity index (χ3v) is 4.36. The summed E-state index contributed by atoms with van der Waals surface area (Å²) < 4.78 is 22.2. The summed E-state index contributed by atoms with van der Waals surface area (Å²) in [6.07, 6.45) is 1.67. The largest absolute Gasteiger partial charge is 0.457 e. The molecule has 110 valence electrons. The Bertz CT molecular complexity index is 325. The molecule has 0 saturated carbocycles. The van der Waals surface area contributed by atoms with Crippen molar-refractivity contribution in [1.82, 2.24) is 0 Å². The van der Waals surface area contributed by atoms with Crippen LogP contribution in [-0.2, 0) is 23.7 Å². The number of hydrogen-bond donors (Lipinski definition) is 0. The van der Waals surface area contributed by atoms with Crippen LogP contribution in [0.3, 0.4) is 0 Å². The van der Waals surface area contributed by atoms with Gasteiger partial charge in [0.15, 0.2) is 6.61 Å². The molecule has 3 aliphatic rings. The van der Waals surface area contributed by atoms with Gasteiger partial charge >= 0.3 is 11.9 Å². The fourth-order valence-electron chi connectivity index (χ4n) is 1.96. The number of rotatable bonds is 5. The van der Waals surface area contributed by atoms with Gasteiger partial charge in [0.2, 0.25) is 0 Å². The van der Waals surface area contributed by atoms with Gasteiger partial charge in [0.1, 0.15) is 0 Å². The van der Waals surface area contributed by atoms with Crippen molar-refractivity contribution in [3.05, 3.63) is 0 Å². The molecule has 0 atom stereocenters. The Morgan fingerprint density at radius 3 is 2.11 bits per heavy atom. The van der Waals surface area contributed by atoms with Crippen molar-refractivity contribution < 1.29 is 23.7 Å². The molecule has 2 bridgehead atoms. The Morgan fingerprint density at radius 2 is 1.68 bits per heavy atom. The number of carbonyl (C=O) groups is 1. The lowest BCUT2D eigenvalue weighted by atomic mass is 9.86. The van der Waals surface area contributed by atoms with Crippen LogP contribution >= 0.6 is 0 Å². The summed E-state index contributed by atoms with van der Waals surface area (Å²) in [4.78, 5) is 11.9. The second-order valence-corrected chi connectivity index (χ2v) is 6.22. The van der Waals surface area contributed by atoms with E-state index in [1.165, 1.54) is 0 Å². The van der Waals surface area contributed by atoms with E-state index >= 15 is 0 Å². The first kappa shape index (κ1) is 14.8. The molecule has 0 aromatic heterocycles. The van der Waals surface area contributed by atoms with Crippen LogP contribution in [0.2, 0.25) is 0 Å². The fraction of sp³-hybridized carbons (Fsp3) is 0.929. The van der Waals surface area contributed by atoms with E-state index in [1.807, 2.05) is 20.8 Å². The van der Waals surface area contributed by atoms with Gasteiger partial charge in [-0.2, -0.15) is 0 Å². The van der Waals surface area contributed by atoms with E-state index in [2.05, 4.69) is 6.92 Å². The van der Waals surface area contributed by atoms with Crippen LogP contribution in [0.5, 0.6) is 0 Å². The van der Waals surface area contributed by atoms with Crippen LogP contribution in [0.25, 0.3) is 0 Å². The number of ether oxygens (including phenoxy) is 4. The minimum atomic E-state index is -1.18. The lowest BCUT2D eigenvalue weighted by molar-refractivity contribution is -0.474. The van der Waals surface area contributed by atoms with Crippen molar-refractivity contribution in [2.45, 2.75) is 46.5 Å². The van der Waals surface area contributed by atoms with Crippen LogP contribution in [0, 0.1) is 10.8 Å². The van der Waals surface area contributed by atoms with Crippen LogP contribution in [0.4, 0.5) is 0 Å². The van der Waals surface area contributed by atoms with Gasteiger partial charge in [-0.05, 0) is 26.7 Å². The second kappa shape index (κ2) is 5.04. The molecule has 0 spiro atoms. The zero-order valence-corrected chi connectivity index (χ0v) is 12.3. The topological polar surface area (TPSA) is 54.0 Å². The average Bonchev–Trinajstić information content (AvgIpc) is 2.46. The molecule has 0 aromatic rings. The molecule has 0 amide bonds. The summed E-state index contributed by atoms with van der Waals surface area (Å²) in [7, 11) is 0. The second-order valence-electron chi connectivity index (χ2n) is 6.22. The normalized spacial score (nSPS) is 34.3. The Hall–Kier alpha value is -0.650. The SMILES string of the molecule is CCC12COC(COC(=O)C(C)(C)CC)(OC1)OC2. The molecular formula is C14H24O5. The summed E-state index contributed by atoms with van der Waals surface area (Å²) >= 11 is 0. The third-order valence-electron chi connectivity index (χ3n) is 4.36. The van der Waals surface area contributed by atoms with Gasteiger partial charge in [-0.15, -0.1) is 0 Å². The molecule has 0 unspecified atom stereocenters. The van der Waals surface area contributed by atoms with Crippen molar-refractivity contribution >= 4 is 5.97 Å². The molecule has 0 aromatic carbocycles. The van der Waals surface area contributed by atoms with Gasteiger partial charge in [0.25, 0.3) is 0 Å². The predicted molar refractivity (Wildman–Crippen MR) is 68.3 cm³/mol. The molecule has 5 heteroatoms. The molecule has 0 radical (unpaired) electrons. The minimum absolute atomic E-state index is 0.00490. The average molecular weight is 272 g/mol. The first-order chi connectivity index (χ1) is 8.87. The Balaban J connectivity index is 1.90. The van der Waals surface area contributed by atoms with Crippen LogP contribution < -0.4 is 0 Å². The van der Waals surface area contributed by atoms with E-state index in [0.29, 0.717) is 19.8 Å². The summed E-state index contributed by atoms with van der Waals surface area (Å²) in [5.74, 6) is -1.44. The van der Waals surface area contributed by atoms with Gasteiger partial charge < -0.3 is 18.9 Å². The van der Waals surface area contributed by atoms with Crippen LogP contribution in [0.15, 0.2) is 0 Å². The van der Waals surface area contributed by atoms with Crippen molar-refractivity contribution in [1.29, 1.82) is 0 Å². The highest BCUT2D eigenvalue weighted by atomic mass is 16.9. The smallest absolute Gasteiger partial charge is 0.319 e. The number of carbonyl (C=O) groups excluding carboxylic acids is 1. The van der Waals surface area contributed by atoms with E-state index in [-0.39, 0.29) is 18.0 Å². The van der Waals surface area contributed by atoms with Crippen molar-refractivity contribution in [3.63, 3.8) is 0 Å². The van der Waals surface area contributed by atoms with E-state index in [9.17, 15) is 4.79 Å². The summed E-state index contributed by atoms with van der Waals surface area (Å²) in [5.41, 5.74) is -0.526. The van der Waals surface area contributed by atoms with E-state index in [4.69, 9.17) is 18.9 Å². The maximum absolute atomic E-state index is 11.9. The molecule has 3 aliphatic heterocycles. The highest BCUT2D eigenvalue weighted by Crippen LogP contribution is 2.40. The lowest BCUT2D eigenvalue weighted by Gasteiger charge is -2.51. The highest BCUT2D eigenvalue weighted by molar-refractivity contribution is 5.75. The molecule has 3 saturated heterocycles. The van der Waals surface area contributed by atoms with Gasteiger partial charge in [-0.3, -0.25) is 4.79 Å². The Labute approximate surface area is 114 Å². The summed E-state index contributed by atoms with van der Waals surface area (Å²) in [6.45, 7) is 9.56. The van der Waals surface area contributed by atoms with Gasteiger partial charge in [0, 0.05) is 5.41 Å². The van der Waals surface area contributed by atoms with Crippen molar-refractivity contribution in [2.75, 3.05) is 26.4 Å². The molecule has 3 fully saturated rings. The third kappa shape index (κ3) is 2.78. The van der Waals surface area contributed by atoms with Crippen LogP contribution in [-0.4, -0.2) is 38.4 Å². The monoisotopic (exact) mass is 272 g/mol. The van der Waals surface area contributed by atoms with E-state index in [1.54, 1.807) is 0 Å². The van der Waals surface area contributed by atoms with Gasteiger partial charge in [0.05, 0.1) is 25.2 Å². The maximum atomic E-state index is 11.9. The standard InChI is InChI=1S/C14H24O5/c1-5-12(3,4)11(15)16-10-14-17-7-13(6-2,8-18-14)9-19-14/h5-10H2,1-4H3. The molecule has 0 aliphatic carbocycles. The highest BCUT2D eigenvalue weighted by Gasteiger charge is 2.53. The number of esters is 1. The number of fused-ring (bicyclic) bond motifs is 3. The zero-order valence-electron chi connectivity index (χ0n) is 12.3. The molecular weight excluding hydrogens is 248 g/mol. The van der Waals surface area contributed by atoms with Gasteiger partial charge in [-0.1, -0.05) is 13.8 Å². The summed E-state index contributed by atoms with van der Waals surface area (Å²) in [6, 6.07) is 0. The summed E-state index contributed by atoms with van der Waals surface area (Å²) in [5, 5.41) is 0. The Kier molecular flexibility index (Phi) is 3.91. The first-order valence-electron chi connectivity index (χ1n) is 6.96. The van der Waals surface area contributed by atoms with E-state index < -0.39 is 11.4 Å². The maximum Gasteiger partial charge on any atom is 0.319 e. The first-order valence-corrected chi connectivity index (χ1v) is 6.96. The van der Waals surface area contributed by atoms with Crippen molar-refractivity contribution in [3.8, 4) is 0 Å². The minimum Gasteiger partial charge on any atom is -0.457 e. The van der Waals surface area contributed by atoms with Crippen molar-refractivity contribution in [2.24, 2.45) is 10.8 Å². The fourth-order valence-corrected chi connectivity index (χ4v) is 1.96. The lowest BCUT2D eigenvalue weighted by Crippen LogP contribution is -2.62. The Morgan fingerprint density at radius 1 is 1.16 bits per heavy atom. The molecule has 0 N–H and O–H groups in total. The van der Waals surface area contributed by atoms with Crippen LogP contribution in [0.1, 0.15) is 40.5 Å². The molecule has 3 rings (SSSR count). The zero-order chi connectivity index (χ0) is 14.1.